The fraction of sp³-hybridized carbons (Fsp3) is 0.500. The molecule has 1 aromatic rings. The Morgan fingerprint density at radius 1 is 1.18 bits per heavy atom. The van der Waals surface area contributed by atoms with Crippen LogP contribution in [0.1, 0.15) is 19.8 Å². The van der Waals surface area contributed by atoms with Crippen LogP contribution in [0, 0.1) is 0 Å². The average molecular weight is 331 g/mol. The number of benzene rings is 1. The molecule has 0 bridgehead atoms. The van der Waals surface area contributed by atoms with Crippen LogP contribution >= 0.6 is 0 Å². The fourth-order valence-corrected chi connectivity index (χ4v) is 2.83. The molecule has 0 spiro atoms. The zero-order chi connectivity index (χ0) is 16.6. The predicted octanol–water partition coefficient (Wildman–Crippen LogP) is 1.33. The zero-order valence-corrected chi connectivity index (χ0v) is 13.7. The lowest BCUT2D eigenvalue weighted by atomic mass is 10.3. The van der Waals surface area contributed by atoms with E-state index in [2.05, 4.69) is 4.72 Å². The molecular weight excluding hydrogens is 310 g/mol. The van der Waals surface area contributed by atoms with E-state index in [0.717, 1.165) is 0 Å². The van der Waals surface area contributed by atoms with E-state index in [0.29, 0.717) is 24.5 Å². The van der Waals surface area contributed by atoms with E-state index in [-0.39, 0.29) is 23.8 Å². The topological polar surface area (TPSA) is 90.9 Å². The van der Waals surface area contributed by atoms with Crippen molar-refractivity contribution in [2.45, 2.75) is 24.7 Å². The summed E-state index contributed by atoms with van der Waals surface area (Å²) in [5.74, 6) is 0.438. The van der Waals surface area contributed by atoms with Crippen LogP contribution in [0.15, 0.2) is 23.1 Å². The summed E-state index contributed by atoms with van der Waals surface area (Å²) in [5, 5.41) is 0. The second-order valence-corrected chi connectivity index (χ2v) is 6.09. The van der Waals surface area contributed by atoms with E-state index in [9.17, 15) is 13.2 Å². The Bertz CT molecular complexity index is 599. The molecule has 0 saturated heterocycles. The first-order chi connectivity index (χ1) is 10.4. The second kappa shape index (κ2) is 8.60. The Morgan fingerprint density at radius 2 is 1.86 bits per heavy atom. The van der Waals surface area contributed by atoms with E-state index >= 15 is 0 Å². The molecule has 0 saturated carbocycles. The molecule has 1 rings (SSSR count). The maximum atomic E-state index is 12.1. The van der Waals surface area contributed by atoms with Gasteiger partial charge in [-0.25, -0.2) is 13.1 Å². The molecule has 0 aliphatic heterocycles. The van der Waals surface area contributed by atoms with Crippen LogP contribution in [-0.2, 0) is 19.6 Å². The van der Waals surface area contributed by atoms with Crippen LogP contribution < -0.4 is 14.2 Å². The van der Waals surface area contributed by atoms with Gasteiger partial charge in [0.05, 0.1) is 25.7 Å². The normalized spacial score (nSPS) is 11.0. The van der Waals surface area contributed by atoms with E-state index < -0.39 is 10.0 Å². The van der Waals surface area contributed by atoms with Gasteiger partial charge in [-0.1, -0.05) is 0 Å². The van der Waals surface area contributed by atoms with Crippen molar-refractivity contribution in [2.24, 2.45) is 0 Å². The molecular formula is C14H21NO6S. The molecule has 0 radical (unpaired) electrons. The smallest absolute Gasteiger partial charge is 0.305 e. The number of methoxy groups -OCH3 is 2. The number of rotatable bonds is 9. The molecule has 0 unspecified atom stereocenters. The van der Waals surface area contributed by atoms with Gasteiger partial charge in [0.15, 0.2) is 11.5 Å². The first-order valence-corrected chi connectivity index (χ1v) is 8.30. The lowest BCUT2D eigenvalue weighted by Crippen LogP contribution is -2.25. The lowest BCUT2D eigenvalue weighted by molar-refractivity contribution is -0.143. The monoisotopic (exact) mass is 331 g/mol. The van der Waals surface area contributed by atoms with Crippen molar-refractivity contribution in [3.63, 3.8) is 0 Å². The van der Waals surface area contributed by atoms with Crippen molar-refractivity contribution in [3.8, 4) is 11.5 Å². The second-order valence-electron chi connectivity index (χ2n) is 4.32. The summed E-state index contributed by atoms with van der Waals surface area (Å²) in [5.41, 5.74) is 0. The number of hydrogen-bond acceptors (Lipinski definition) is 6. The summed E-state index contributed by atoms with van der Waals surface area (Å²) in [6.45, 7) is 2.18. The number of carbonyl (C=O) groups excluding carboxylic acids is 1. The van der Waals surface area contributed by atoms with Gasteiger partial charge in [-0.05, 0) is 25.5 Å². The highest BCUT2D eigenvalue weighted by Gasteiger charge is 2.16. The van der Waals surface area contributed by atoms with Gasteiger partial charge >= 0.3 is 5.97 Å². The third-order valence-electron chi connectivity index (χ3n) is 2.82. The number of hydrogen-bond donors (Lipinski definition) is 1. The van der Waals surface area contributed by atoms with Gasteiger partial charge < -0.3 is 14.2 Å². The van der Waals surface area contributed by atoms with Crippen LogP contribution in [0.4, 0.5) is 0 Å². The standard InChI is InChI=1S/C14H21NO6S/c1-4-21-14(16)6-5-9-15-22(17,18)11-7-8-12(19-2)13(10-11)20-3/h7-8,10,15H,4-6,9H2,1-3H3. The number of nitrogens with one attached hydrogen (secondary N) is 1. The molecule has 0 amide bonds. The number of esters is 1. The Kier molecular flexibility index (Phi) is 7.13. The molecule has 8 heteroatoms. The van der Waals surface area contributed by atoms with Crippen molar-refractivity contribution < 1.29 is 27.4 Å². The minimum atomic E-state index is -3.67. The lowest BCUT2D eigenvalue weighted by Gasteiger charge is -2.11. The van der Waals surface area contributed by atoms with Gasteiger partial charge in [0.25, 0.3) is 0 Å². The summed E-state index contributed by atoms with van der Waals surface area (Å²) in [7, 11) is -0.762. The molecule has 0 aliphatic rings. The number of ether oxygens (including phenoxy) is 3. The Hall–Kier alpha value is -1.80. The highest BCUT2D eigenvalue weighted by Crippen LogP contribution is 2.29. The van der Waals surface area contributed by atoms with Crippen LogP contribution in [0.5, 0.6) is 11.5 Å². The quantitative estimate of drug-likeness (QED) is 0.542. The maximum Gasteiger partial charge on any atom is 0.305 e. The van der Waals surface area contributed by atoms with Crippen molar-refractivity contribution >= 4 is 16.0 Å². The molecule has 124 valence electrons. The van der Waals surface area contributed by atoms with Crippen molar-refractivity contribution in [2.75, 3.05) is 27.4 Å². The maximum absolute atomic E-state index is 12.1. The molecule has 0 fully saturated rings. The van der Waals surface area contributed by atoms with E-state index in [1.54, 1.807) is 6.92 Å². The summed E-state index contributed by atoms with van der Waals surface area (Å²) in [6.07, 6.45) is 0.535. The van der Waals surface area contributed by atoms with Gasteiger partial charge in [-0.2, -0.15) is 0 Å². The van der Waals surface area contributed by atoms with Crippen LogP contribution in [0.2, 0.25) is 0 Å². The first-order valence-electron chi connectivity index (χ1n) is 6.82. The van der Waals surface area contributed by atoms with E-state index in [4.69, 9.17) is 14.2 Å². The SMILES string of the molecule is CCOC(=O)CCCNS(=O)(=O)c1ccc(OC)c(OC)c1. The highest BCUT2D eigenvalue weighted by atomic mass is 32.2. The van der Waals surface area contributed by atoms with E-state index in [1.807, 2.05) is 0 Å². The number of sulfonamides is 1. The predicted molar refractivity (Wildman–Crippen MR) is 80.6 cm³/mol. The third kappa shape index (κ3) is 5.19. The molecule has 0 heterocycles. The van der Waals surface area contributed by atoms with Crippen molar-refractivity contribution in [3.05, 3.63) is 18.2 Å². The van der Waals surface area contributed by atoms with Gasteiger partial charge in [0.1, 0.15) is 0 Å². The molecule has 7 nitrogen and oxygen atoms in total. The van der Waals surface area contributed by atoms with Crippen molar-refractivity contribution in [1.29, 1.82) is 0 Å². The average Bonchev–Trinajstić information content (AvgIpc) is 2.51. The molecule has 1 N–H and O–H groups in total. The van der Waals surface area contributed by atoms with Gasteiger partial charge in [-0.15, -0.1) is 0 Å². The molecule has 0 aliphatic carbocycles. The number of carbonyl (C=O) groups is 1. The summed E-state index contributed by atoms with van der Waals surface area (Å²) >= 11 is 0. The van der Waals surface area contributed by atoms with E-state index in [1.165, 1.54) is 32.4 Å². The Balaban J connectivity index is 2.65. The minimum absolute atomic E-state index is 0.0706. The van der Waals surface area contributed by atoms with Crippen LogP contribution in [0.25, 0.3) is 0 Å². The summed E-state index contributed by atoms with van der Waals surface area (Å²) in [6, 6.07) is 4.33. The first kappa shape index (κ1) is 18.2. The highest BCUT2D eigenvalue weighted by molar-refractivity contribution is 7.89. The molecule has 22 heavy (non-hydrogen) atoms. The van der Waals surface area contributed by atoms with Crippen LogP contribution in [0.3, 0.4) is 0 Å². The fourth-order valence-electron chi connectivity index (χ4n) is 1.74. The molecule has 0 aromatic heterocycles. The third-order valence-corrected chi connectivity index (χ3v) is 4.28. The van der Waals surface area contributed by atoms with Gasteiger partial charge in [0, 0.05) is 19.0 Å². The minimum Gasteiger partial charge on any atom is -0.493 e. The van der Waals surface area contributed by atoms with Gasteiger partial charge in [0.2, 0.25) is 10.0 Å². The molecule has 1 aromatic carbocycles. The summed E-state index contributed by atoms with van der Waals surface area (Å²) < 4.78 is 41.6. The summed E-state index contributed by atoms with van der Waals surface area (Å²) in [4.78, 5) is 11.2. The Morgan fingerprint density at radius 3 is 2.45 bits per heavy atom. The van der Waals surface area contributed by atoms with Crippen molar-refractivity contribution in [1.82, 2.24) is 4.72 Å². The van der Waals surface area contributed by atoms with Crippen LogP contribution in [-0.4, -0.2) is 41.8 Å². The largest absolute Gasteiger partial charge is 0.493 e. The zero-order valence-electron chi connectivity index (χ0n) is 12.9. The molecule has 0 atom stereocenters. The Labute approximate surface area is 130 Å². The van der Waals surface area contributed by atoms with Gasteiger partial charge in [-0.3, -0.25) is 4.79 Å².